The van der Waals surface area contributed by atoms with Crippen LogP contribution in [-0.4, -0.2) is 36.6 Å². The topological polar surface area (TPSA) is 15.3 Å². The summed E-state index contributed by atoms with van der Waals surface area (Å²) in [5.74, 6) is 0.790. The minimum atomic E-state index is 0. The standard InChI is InChI=1S/C10H22N2.ClH/c1-8(2)6-12-7-9(3)11-5-10(12)4;/h8-11H,5-7H2,1-4H3;1H. The molecule has 1 heterocycles. The van der Waals surface area contributed by atoms with Gasteiger partial charge in [-0.15, -0.1) is 12.4 Å². The maximum atomic E-state index is 3.49. The van der Waals surface area contributed by atoms with E-state index in [4.69, 9.17) is 0 Å². The monoisotopic (exact) mass is 206 g/mol. The van der Waals surface area contributed by atoms with Gasteiger partial charge in [0.2, 0.25) is 0 Å². The zero-order valence-electron chi connectivity index (χ0n) is 9.21. The van der Waals surface area contributed by atoms with Crippen LogP contribution in [0.1, 0.15) is 27.7 Å². The third-order valence-corrected chi connectivity index (χ3v) is 2.49. The van der Waals surface area contributed by atoms with E-state index < -0.39 is 0 Å². The van der Waals surface area contributed by atoms with Crippen molar-refractivity contribution < 1.29 is 0 Å². The normalized spacial score (nSPS) is 30.2. The molecule has 0 spiro atoms. The number of hydrogen-bond acceptors (Lipinski definition) is 2. The van der Waals surface area contributed by atoms with E-state index in [0.29, 0.717) is 12.1 Å². The number of hydrogen-bond donors (Lipinski definition) is 1. The fourth-order valence-electron chi connectivity index (χ4n) is 1.82. The van der Waals surface area contributed by atoms with Crippen LogP contribution in [0.4, 0.5) is 0 Å². The Hall–Kier alpha value is 0.210. The summed E-state index contributed by atoms with van der Waals surface area (Å²) in [6.45, 7) is 12.7. The van der Waals surface area contributed by atoms with E-state index >= 15 is 0 Å². The molecule has 1 aliphatic rings. The zero-order valence-corrected chi connectivity index (χ0v) is 10.0. The van der Waals surface area contributed by atoms with Gasteiger partial charge in [0.15, 0.2) is 0 Å². The van der Waals surface area contributed by atoms with E-state index in [0.717, 1.165) is 12.5 Å². The minimum Gasteiger partial charge on any atom is -0.311 e. The van der Waals surface area contributed by atoms with Crippen molar-refractivity contribution >= 4 is 12.4 Å². The SMILES string of the molecule is CC(C)CN1CC(C)NCC1C.Cl. The number of halogens is 1. The first kappa shape index (κ1) is 13.2. The lowest BCUT2D eigenvalue weighted by molar-refractivity contribution is 0.131. The smallest absolute Gasteiger partial charge is 0.0193 e. The Bertz CT molecular complexity index is 137. The van der Waals surface area contributed by atoms with Crippen LogP contribution < -0.4 is 5.32 Å². The van der Waals surface area contributed by atoms with E-state index in [1.54, 1.807) is 0 Å². The molecule has 0 bridgehead atoms. The lowest BCUT2D eigenvalue weighted by atomic mass is 10.1. The van der Waals surface area contributed by atoms with Gasteiger partial charge in [-0.2, -0.15) is 0 Å². The molecule has 3 heteroatoms. The summed E-state index contributed by atoms with van der Waals surface area (Å²) >= 11 is 0. The molecular formula is C10H23ClN2. The molecule has 0 aromatic rings. The Kier molecular flexibility index (Phi) is 5.93. The van der Waals surface area contributed by atoms with Crippen molar-refractivity contribution in [2.75, 3.05) is 19.6 Å². The van der Waals surface area contributed by atoms with Crippen LogP contribution >= 0.6 is 12.4 Å². The second kappa shape index (κ2) is 5.84. The van der Waals surface area contributed by atoms with Gasteiger partial charge in [0.05, 0.1) is 0 Å². The summed E-state index contributed by atoms with van der Waals surface area (Å²) in [4.78, 5) is 2.59. The van der Waals surface area contributed by atoms with Crippen LogP contribution in [0.3, 0.4) is 0 Å². The Balaban J connectivity index is 0.00000144. The van der Waals surface area contributed by atoms with Crippen molar-refractivity contribution in [2.45, 2.75) is 39.8 Å². The molecule has 0 amide bonds. The first-order valence-corrected chi connectivity index (χ1v) is 5.07. The molecule has 1 rings (SSSR count). The van der Waals surface area contributed by atoms with Gasteiger partial charge < -0.3 is 5.32 Å². The molecule has 13 heavy (non-hydrogen) atoms. The first-order chi connectivity index (χ1) is 5.59. The van der Waals surface area contributed by atoms with Crippen molar-refractivity contribution in [2.24, 2.45) is 5.92 Å². The molecule has 2 unspecified atom stereocenters. The van der Waals surface area contributed by atoms with E-state index in [1.807, 2.05) is 0 Å². The number of nitrogens with one attached hydrogen (secondary N) is 1. The van der Waals surface area contributed by atoms with E-state index in [9.17, 15) is 0 Å². The highest BCUT2D eigenvalue weighted by Gasteiger charge is 2.22. The van der Waals surface area contributed by atoms with Gasteiger partial charge in [-0.3, -0.25) is 4.90 Å². The van der Waals surface area contributed by atoms with Crippen LogP contribution in [0, 0.1) is 5.92 Å². The van der Waals surface area contributed by atoms with Crippen molar-refractivity contribution in [3.8, 4) is 0 Å². The van der Waals surface area contributed by atoms with Crippen LogP contribution in [-0.2, 0) is 0 Å². The molecular weight excluding hydrogens is 184 g/mol. The molecule has 1 fully saturated rings. The fourth-order valence-corrected chi connectivity index (χ4v) is 1.82. The summed E-state index contributed by atoms with van der Waals surface area (Å²) < 4.78 is 0. The number of nitrogens with zero attached hydrogens (tertiary/aromatic N) is 1. The summed E-state index contributed by atoms with van der Waals surface area (Å²) in [5, 5.41) is 3.49. The van der Waals surface area contributed by atoms with E-state index in [-0.39, 0.29) is 12.4 Å². The number of piperazine rings is 1. The predicted molar refractivity (Wildman–Crippen MR) is 60.6 cm³/mol. The van der Waals surface area contributed by atoms with Gasteiger partial charge in [0, 0.05) is 31.7 Å². The largest absolute Gasteiger partial charge is 0.311 e. The van der Waals surface area contributed by atoms with Gasteiger partial charge >= 0.3 is 0 Å². The molecule has 0 radical (unpaired) electrons. The van der Waals surface area contributed by atoms with Crippen molar-refractivity contribution in [3.63, 3.8) is 0 Å². The minimum absolute atomic E-state index is 0. The summed E-state index contributed by atoms with van der Waals surface area (Å²) in [5.41, 5.74) is 0. The molecule has 0 aromatic carbocycles. The molecule has 1 aliphatic heterocycles. The molecule has 80 valence electrons. The maximum absolute atomic E-state index is 3.49. The maximum Gasteiger partial charge on any atom is 0.0193 e. The van der Waals surface area contributed by atoms with Gasteiger partial charge in [0.1, 0.15) is 0 Å². The lowest BCUT2D eigenvalue weighted by Crippen LogP contribution is -2.55. The van der Waals surface area contributed by atoms with Crippen molar-refractivity contribution in [3.05, 3.63) is 0 Å². The zero-order chi connectivity index (χ0) is 9.14. The average molecular weight is 207 g/mol. The highest BCUT2D eigenvalue weighted by Crippen LogP contribution is 2.08. The third-order valence-electron chi connectivity index (χ3n) is 2.49. The summed E-state index contributed by atoms with van der Waals surface area (Å²) in [6, 6.07) is 1.38. The summed E-state index contributed by atoms with van der Waals surface area (Å²) in [6.07, 6.45) is 0. The van der Waals surface area contributed by atoms with Crippen molar-refractivity contribution in [1.82, 2.24) is 10.2 Å². The third kappa shape index (κ3) is 4.30. The molecule has 0 aromatic heterocycles. The predicted octanol–water partition coefficient (Wildman–Crippen LogP) is 1.75. The van der Waals surface area contributed by atoms with Crippen LogP contribution in [0.25, 0.3) is 0 Å². The molecule has 2 nitrogen and oxygen atoms in total. The van der Waals surface area contributed by atoms with Crippen LogP contribution in [0.15, 0.2) is 0 Å². The van der Waals surface area contributed by atoms with Gasteiger partial charge in [-0.05, 0) is 19.8 Å². The Labute approximate surface area is 88.5 Å². The lowest BCUT2D eigenvalue weighted by Gasteiger charge is -2.38. The van der Waals surface area contributed by atoms with Gasteiger partial charge in [-0.1, -0.05) is 13.8 Å². The quantitative estimate of drug-likeness (QED) is 0.741. The molecule has 0 aliphatic carbocycles. The van der Waals surface area contributed by atoms with Crippen LogP contribution in [0.2, 0.25) is 0 Å². The van der Waals surface area contributed by atoms with Gasteiger partial charge in [-0.25, -0.2) is 0 Å². The molecule has 2 atom stereocenters. The Morgan fingerprint density at radius 1 is 1.38 bits per heavy atom. The fraction of sp³-hybridized carbons (Fsp3) is 1.00. The van der Waals surface area contributed by atoms with Crippen LogP contribution in [0.5, 0.6) is 0 Å². The molecule has 0 saturated carbocycles. The second-order valence-electron chi connectivity index (χ2n) is 4.51. The van der Waals surface area contributed by atoms with E-state index in [2.05, 4.69) is 37.9 Å². The Morgan fingerprint density at radius 3 is 2.54 bits per heavy atom. The van der Waals surface area contributed by atoms with E-state index in [1.165, 1.54) is 13.1 Å². The highest BCUT2D eigenvalue weighted by molar-refractivity contribution is 5.85. The van der Waals surface area contributed by atoms with Crippen molar-refractivity contribution in [1.29, 1.82) is 0 Å². The first-order valence-electron chi connectivity index (χ1n) is 5.07. The molecule has 1 saturated heterocycles. The average Bonchev–Trinajstić information content (AvgIpc) is 1.96. The summed E-state index contributed by atoms with van der Waals surface area (Å²) in [7, 11) is 0. The number of rotatable bonds is 2. The Morgan fingerprint density at radius 2 is 2.00 bits per heavy atom. The second-order valence-corrected chi connectivity index (χ2v) is 4.51. The van der Waals surface area contributed by atoms with Gasteiger partial charge in [0.25, 0.3) is 0 Å². The highest BCUT2D eigenvalue weighted by atomic mass is 35.5. The molecule has 1 N–H and O–H groups in total.